The van der Waals surface area contributed by atoms with Crippen LogP contribution in [0.5, 0.6) is 0 Å². The van der Waals surface area contributed by atoms with Gasteiger partial charge in [0.05, 0.1) is 13.0 Å². The fourth-order valence-electron chi connectivity index (χ4n) is 1.68. The molecule has 0 bridgehead atoms. The number of hydrogen-bond acceptors (Lipinski definition) is 3. The van der Waals surface area contributed by atoms with E-state index in [-0.39, 0.29) is 23.6 Å². The van der Waals surface area contributed by atoms with Crippen molar-refractivity contribution in [3.8, 4) is 0 Å². The highest BCUT2D eigenvalue weighted by Gasteiger charge is 2.32. The second-order valence-corrected chi connectivity index (χ2v) is 3.29. The molecular formula is C10H14O3. The first-order chi connectivity index (χ1) is 6.16. The molecule has 0 saturated heterocycles. The Balaban J connectivity index is 2.75. The van der Waals surface area contributed by atoms with Crippen molar-refractivity contribution >= 4 is 11.8 Å². The SMILES string of the molecule is COC(=O)[C@H]1CC=CC[C@H]1C(C)=O. The first-order valence-electron chi connectivity index (χ1n) is 4.40. The molecule has 0 aromatic rings. The summed E-state index contributed by atoms with van der Waals surface area (Å²) in [6, 6.07) is 0. The Kier molecular flexibility index (Phi) is 3.23. The smallest absolute Gasteiger partial charge is 0.309 e. The Labute approximate surface area is 77.8 Å². The van der Waals surface area contributed by atoms with Gasteiger partial charge in [0.25, 0.3) is 0 Å². The summed E-state index contributed by atoms with van der Waals surface area (Å²) in [6.07, 6.45) is 5.17. The topological polar surface area (TPSA) is 43.4 Å². The molecular weight excluding hydrogens is 168 g/mol. The lowest BCUT2D eigenvalue weighted by Gasteiger charge is -2.23. The van der Waals surface area contributed by atoms with Gasteiger partial charge in [0.2, 0.25) is 0 Å². The lowest BCUT2D eigenvalue weighted by molar-refractivity contribution is -0.149. The summed E-state index contributed by atoms with van der Waals surface area (Å²) in [7, 11) is 1.36. The molecule has 0 aliphatic heterocycles. The maximum absolute atomic E-state index is 11.3. The van der Waals surface area contributed by atoms with Gasteiger partial charge < -0.3 is 4.74 Å². The number of allylic oxidation sites excluding steroid dienone is 2. The molecule has 0 N–H and O–H groups in total. The van der Waals surface area contributed by atoms with Crippen molar-refractivity contribution in [2.24, 2.45) is 11.8 Å². The zero-order valence-corrected chi connectivity index (χ0v) is 7.95. The van der Waals surface area contributed by atoms with Crippen LogP contribution in [-0.4, -0.2) is 18.9 Å². The molecule has 0 aromatic heterocycles. The first kappa shape index (κ1) is 9.96. The van der Waals surface area contributed by atoms with Crippen molar-refractivity contribution in [1.82, 2.24) is 0 Å². The van der Waals surface area contributed by atoms with Gasteiger partial charge in [-0.15, -0.1) is 0 Å². The fourth-order valence-corrected chi connectivity index (χ4v) is 1.68. The van der Waals surface area contributed by atoms with E-state index in [1.54, 1.807) is 0 Å². The molecule has 0 spiro atoms. The van der Waals surface area contributed by atoms with Gasteiger partial charge in [0.15, 0.2) is 0 Å². The minimum atomic E-state index is -0.274. The van der Waals surface area contributed by atoms with E-state index in [0.717, 1.165) is 0 Å². The average molecular weight is 182 g/mol. The standard InChI is InChI=1S/C10H14O3/c1-7(11)8-5-3-4-6-9(8)10(12)13-2/h3-4,8-9H,5-6H2,1-2H3/t8-,9-/m0/s1. The lowest BCUT2D eigenvalue weighted by Crippen LogP contribution is -2.30. The first-order valence-corrected chi connectivity index (χ1v) is 4.40. The maximum Gasteiger partial charge on any atom is 0.309 e. The third-order valence-electron chi connectivity index (χ3n) is 2.46. The van der Waals surface area contributed by atoms with Crippen LogP contribution in [-0.2, 0) is 14.3 Å². The van der Waals surface area contributed by atoms with Crippen molar-refractivity contribution in [1.29, 1.82) is 0 Å². The molecule has 0 heterocycles. The minimum absolute atomic E-state index is 0.0692. The van der Waals surface area contributed by atoms with Crippen molar-refractivity contribution in [3.05, 3.63) is 12.2 Å². The van der Waals surface area contributed by atoms with Crippen LogP contribution in [0, 0.1) is 11.8 Å². The highest BCUT2D eigenvalue weighted by Crippen LogP contribution is 2.27. The Morgan fingerprint density at radius 3 is 2.23 bits per heavy atom. The normalized spacial score (nSPS) is 26.9. The van der Waals surface area contributed by atoms with Crippen LogP contribution in [0.2, 0.25) is 0 Å². The molecule has 2 atom stereocenters. The van der Waals surface area contributed by atoms with Crippen LogP contribution >= 0.6 is 0 Å². The summed E-state index contributed by atoms with van der Waals surface area (Å²) in [6.45, 7) is 1.53. The number of hydrogen-bond donors (Lipinski definition) is 0. The summed E-state index contributed by atoms with van der Waals surface area (Å²) in [5.41, 5.74) is 0. The fraction of sp³-hybridized carbons (Fsp3) is 0.600. The van der Waals surface area contributed by atoms with E-state index in [2.05, 4.69) is 4.74 Å². The van der Waals surface area contributed by atoms with Crippen LogP contribution in [0.1, 0.15) is 19.8 Å². The molecule has 0 aromatic carbocycles. The summed E-state index contributed by atoms with van der Waals surface area (Å²) < 4.78 is 4.65. The zero-order valence-electron chi connectivity index (χ0n) is 7.95. The van der Waals surface area contributed by atoms with E-state index < -0.39 is 0 Å². The van der Waals surface area contributed by atoms with Crippen molar-refractivity contribution < 1.29 is 14.3 Å². The van der Waals surface area contributed by atoms with E-state index in [1.165, 1.54) is 14.0 Å². The molecule has 1 rings (SSSR count). The van der Waals surface area contributed by atoms with Gasteiger partial charge >= 0.3 is 5.97 Å². The number of carbonyl (C=O) groups excluding carboxylic acids is 2. The Bertz CT molecular complexity index is 243. The van der Waals surface area contributed by atoms with E-state index in [0.29, 0.717) is 12.8 Å². The molecule has 1 aliphatic rings. The van der Waals surface area contributed by atoms with Gasteiger partial charge in [-0.25, -0.2) is 0 Å². The number of carbonyl (C=O) groups is 2. The number of ether oxygens (including phenoxy) is 1. The predicted molar refractivity (Wildman–Crippen MR) is 48.1 cm³/mol. The second kappa shape index (κ2) is 4.21. The van der Waals surface area contributed by atoms with E-state index in [9.17, 15) is 9.59 Å². The van der Waals surface area contributed by atoms with Crippen molar-refractivity contribution in [2.45, 2.75) is 19.8 Å². The van der Waals surface area contributed by atoms with Crippen LogP contribution in [0.3, 0.4) is 0 Å². The summed E-state index contributed by atoms with van der Waals surface area (Å²) >= 11 is 0. The third-order valence-corrected chi connectivity index (χ3v) is 2.46. The number of esters is 1. The molecule has 13 heavy (non-hydrogen) atoms. The Hall–Kier alpha value is -1.12. The van der Waals surface area contributed by atoms with E-state index in [4.69, 9.17) is 0 Å². The monoisotopic (exact) mass is 182 g/mol. The molecule has 3 heteroatoms. The second-order valence-electron chi connectivity index (χ2n) is 3.29. The number of methoxy groups -OCH3 is 1. The maximum atomic E-state index is 11.3. The van der Waals surface area contributed by atoms with E-state index >= 15 is 0 Å². The van der Waals surface area contributed by atoms with Crippen LogP contribution in [0.25, 0.3) is 0 Å². The van der Waals surface area contributed by atoms with Crippen LogP contribution in [0.4, 0.5) is 0 Å². The number of rotatable bonds is 2. The Morgan fingerprint density at radius 2 is 1.77 bits per heavy atom. The lowest BCUT2D eigenvalue weighted by atomic mass is 9.81. The van der Waals surface area contributed by atoms with Gasteiger partial charge in [-0.05, 0) is 19.8 Å². The third kappa shape index (κ3) is 2.17. The average Bonchev–Trinajstić information content (AvgIpc) is 2.16. The molecule has 1 aliphatic carbocycles. The molecule has 0 fully saturated rings. The molecule has 0 amide bonds. The molecule has 0 radical (unpaired) electrons. The highest BCUT2D eigenvalue weighted by atomic mass is 16.5. The predicted octanol–water partition coefficient (Wildman–Crippen LogP) is 1.33. The van der Waals surface area contributed by atoms with Gasteiger partial charge in [-0.1, -0.05) is 12.2 Å². The zero-order chi connectivity index (χ0) is 9.84. The molecule has 0 saturated carbocycles. The van der Waals surface area contributed by atoms with Crippen LogP contribution in [0.15, 0.2) is 12.2 Å². The molecule has 0 unspecified atom stereocenters. The number of ketones is 1. The van der Waals surface area contributed by atoms with Gasteiger partial charge in [-0.2, -0.15) is 0 Å². The molecule has 72 valence electrons. The minimum Gasteiger partial charge on any atom is -0.469 e. The van der Waals surface area contributed by atoms with Crippen molar-refractivity contribution in [2.75, 3.05) is 7.11 Å². The summed E-state index contributed by atoms with van der Waals surface area (Å²) in [5.74, 6) is -0.658. The van der Waals surface area contributed by atoms with Crippen molar-refractivity contribution in [3.63, 3.8) is 0 Å². The van der Waals surface area contributed by atoms with Gasteiger partial charge in [-0.3, -0.25) is 9.59 Å². The summed E-state index contributed by atoms with van der Waals surface area (Å²) in [5, 5.41) is 0. The van der Waals surface area contributed by atoms with Gasteiger partial charge in [0.1, 0.15) is 5.78 Å². The Morgan fingerprint density at radius 1 is 1.23 bits per heavy atom. The van der Waals surface area contributed by atoms with Crippen LogP contribution < -0.4 is 0 Å². The highest BCUT2D eigenvalue weighted by molar-refractivity contribution is 5.85. The van der Waals surface area contributed by atoms with E-state index in [1.807, 2.05) is 12.2 Å². The largest absolute Gasteiger partial charge is 0.469 e. The summed E-state index contributed by atoms with van der Waals surface area (Å²) in [4.78, 5) is 22.5. The molecule has 3 nitrogen and oxygen atoms in total. The number of Topliss-reactive ketones (excluding diaryl/α,β-unsaturated/α-hetero) is 1. The quantitative estimate of drug-likeness (QED) is 0.478. The van der Waals surface area contributed by atoms with Gasteiger partial charge in [0, 0.05) is 5.92 Å².